The van der Waals surface area contributed by atoms with E-state index in [9.17, 15) is 13.2 Å². The molecule has 0 bridgehead atoms. The second-order valence-electron chi connectivity index (χ2n) is 8.18. The van der Waals surface area contributed by atoms with E-state index in [0.717, 1.165) is 24.0 Å². The summed E-state index contributed by atoms with van der Waals surface area (Å²) in [6.45, 7) is 0.875. The van der Waals surface area contributed by atoms with Crippen molar-refractivity contribution >= 4 is 27.5 Å². The van der Waals surface area contributed by atoms with Crippen LogP contribution in [0.3, 0.4) is 0 Å². The van der Waals surface area contributed by atoms with Gasteiger partial charge in [0.05, 0.1) is 10.9 Å². The zero-order chi connectivity index (χ0) is 23.3. The number of benzene rings is 3. The lowest BCUT2D eigenvalue weighted by atomic mass is 9.92. The van der Waals surface area contributed by atoms with Gasteiger partial charge in [-0.05, 0) is 60.2 Å². The summed E-state index contributed by atoms with van der Waals surface area (Å²) in [4.78, 5) is 13.0. The molecule has 1 amide bonds. The Morgan fingerprint density at radius 3 is 2.42 bits per heavy atom. The first-order valence-electron chi connectivity index (χ1n) is 11.1. The summed E-state index contributed by atoms with van der Waals surface area (Å²) >= 11 is 5.95. The Balaban J connectivity index is 1.48. The van der Waals surface area contributed by atoms with Crippen molar-refractivity contribution in [3.05, 3.63) is 101 Å². The van der Waals surface area contributed by atoms with Gasteiger partial charge in [-0.2, -0.15) is 4.31 Å². The average molecular weight is 483 g/mol. The SMILES string of the molecule is O=C(C[C@@H]1c2ccccc2CCN1S(=O)(=O)c1ccc(Cl)cc1)NCCCc1ccccc1. The predicted octanol–water partition coefficient (Wildman–Crippen LogP) is 4.77. The molecule has 3 aromatic rings. The number of sulfonamides is 1. The van der Waals surface area contributed by atoms with Gasteiger partial charge in [0.25, 0.3) is 0 Å². The molecule has 0 radical (unpaired) electrons. The first-order chi connectivity index (χ1) is 15.9. The van der Waals surface area contributed by atoms with E-state index in [1.807, 2.05) is 42.5 Å². The van der Waals surface area contributed by atoms with Crippen molar-refractivity contribution in [1.82, 2.24) is 9.62 Å². The Bertz CT molecular complexity index is 1200. The van der Waals surface area contributed by atoms with Crippen molar-refractivity contribution in [2.24, 2.45) is 0 Å². The van der Waals surface area contributed by atoms with Crippen molar-refractivity contribution < 1.29 is 13.2 Å². The van der Waals surface area contributed by atoms with E-state index in [1.54, 1.807) is 12.1 Å². The van der Waals surface area contributed by atoms with Crippen LogP contribution in [0.5, 0.6) is 0 Å². The molecule has 0 aliphatic carbocycles. The largest absolute Gasteiger partial charge is 0.356 e. The number of rotatable bonds is 8. The van der Waals surface area contributed by atoms with E-state index in [4.69, 9.17) is 11.6 Å². The highest BCUT2D eigenvalue weighted by atomic mass is 35.5. The zero-order valence-electron chi connectivity index (χ0n) is 18.3. The van der Waals surface area contributed by atoms with Crippen molar-refractivity contribution in [3.63, 3.8) is 0 Å². The van der Waals surface area contributed by atoms with Crippen LogP contribution < -0.4 is 5.32 Å². The molecule has 172 valence electrons. The molecule has 1 aliphatic heterocycles. The topological polar surface area (TPSA) is 66.5 Å². The summed E-state index contributed by atoms with van der Waals surface area (Å²) in [5.74, 6) is -0.152. The van der Waals surface area contributed by atoms with Gasteiger partial charge in [-0.1, -0.05) is 66.2 Å². The first-order valence-corrected chi connectivity index (χ1v) is 12.9. The Morgan fingerprint density at radius 2 is 1.67 bits per heavy atom. The van der Waals surface area contributed by atoms with Gasteiger partial charge in [0.2, 0.25) is 15.9 Å². The van der Waals surface area contributed by atoms with Crippen LogP contribution in [-0.2, 0) is 27.7 Å². The number of halogens is 1. The highest BCUT2D eigenvalue weighted by Gasteiger charge is 2.37. The minimum Gasteiger partial charge on any atom is -0.356 e. The maximum atomic E-state index is 13.5. The van der Waals surface area contributed by atoms with Gasteiger partial charge in [0.15, 0.2) is 0 Å². The minimum absolute atomic E-state index is 0.0785. The average Bonchev–Trinajstić information content (AvgIpc) is 2.83. The summed E-state index contributed by atoms with van der Waals surface area (Å²) in [5.41, 5.74) is 3.20. The third-order valence-electron chi connectivity index (χ3n) is 5.97. The molecule has 1 aliphatic rings. The molecule has 7 heteroatoms. The number of nitrogens with one attached hydrogen (secondary N) is 1. The van der Waals surface area contributed by atoms with Crippen molar-refractivity contribution in [2.45, 2.75) is 36.6 Å². The molecule has 5 nitrogen and oxygen atoms in total. The van der Waals surface area contributed by atoms with Crippen LogP contribution in [0.4, 0.5) is 0 Å². The van der Waals surface area contributed by atoms with Gasteiger partial charge in [-0.3, -0.25) is 4.79 Å². The summed E-state index contributed by atoms with van der Waals surface area (Å²) in [7, 11) is -3.78. The van der Waals surface area contributed by atoms with Crippen LogP contribution in [0.1, 0.15) is 35.6 Å². The van der Waals surface area contributed by atoms with Crippen LogP contribution in [0.25, 0.3) is 0 Å². The third kappa shape index (κ3) is 5.64. The van der Waals surface area contributed by atoms with Gasteiger partial charge in [0.1, 0.15) is 0 Å². The van der Waals surface area contributed by atoms with E-state index in [0.29, 0.717) is 24.5 Å². The molecule has 0 fully saturated rings. The molecule has 1 N–H and O–H groups in total. The Labute approximate surface area is 200 Å². The zero-order valence-corrected chi connectivity index (χ0v) is 19.9. The summed E-state index contributed by atoms with van der Waals surface area (Å²) in [5, 5.41) is 3.45. The maximum absolute atomic E-state index is 13.5. The number of amides is 1. The first kappa shape index (κ1) is 23.5. The van der Waals surface area contributed by atoms with Crippen LogP contribution in [-0.4, -0.2) is 31.7 Å². The molecule has 0 saturated carbocycles. The van der Waals surface area contributed by atoms with E-state index >= 15 is 0 Å². The molecule has 4 rings (SSSR count). The van der Waals surface area contributed by atoms with Crippen molar-refractivity contribution in [2.75, 3.05) is 13.1 Å². The smallest absolute Gasteiger partial charge is 0.243 e. The van der Waals surface area contributed by atoms with Crippen LogP contribution in [0.15, 0.2) is 83.8 Å². The lowest BCUT2D eigenvalue weighted by Gasteiger charge is -2.36. The third-order valence-corrected chi connectivity index (χ3v) is 8.14. The van der Waals surface area contributed by atoms with E-state index in [1.165, 1.54) is 22.0 Å². The van der Waals surface area contributed by atoms with Crippen LogP contribution >= 0.6 is 11.6 Å². The number of hydrogen-bond acceptors (Lipinski definition) is 3. The normalized spacial score (nSPS) is 16.2. The summed E-state index contributed by atoms with van der Waals surface area (Å²) in [6.07, 6.45) is 2.39. The second-order valence-corrected chi connectivity index (χ2v) is 10.5. The molecule has 33 heavy (non-hydrogen) atoms. The van der Waals surface area contributed by atoms with E-state index < -0.39 is 16.1 Å². The lowest BCUT2D eigenvalue weighted by molar-refractivity contribution is -0.122. The summed E-state index contributed by atoms with van der Waals surface area (Å²) < 4.78 is 28.4. The van der Waals surface area contributed by atoms with Gasteiger partial charge < -0.3 is 5.32 Å². The number of carbonyl (C=O) groups excluding carboxylic acids is 1. The van der Waals surface area contributed by atoms with Gasteiger partial charge in [0, 0.05) is 24.5 Å². The number of aryl methyl sites for hydroxylation is 1. The van der Waals surface area contributed by atoms with Crippen molar-refractivity contribution in [1.29, 1.82) is 0 Å². The Hall–Kier alpha value is -2.67. The van der Waals surface area contributed by atoms with Crippen LogP contribution in [0, 0.1) is 0 Å². The van der Waals surface area contributed by atoms with E-state index in [-0.39, 0.29) is 17.2 Å². The standard InChI is InChI=1S/C26H27ClN2O3S/c27-22-12-14-23(15-13-22)33(31,32)29-18-16-21-10-4-5-11-24(21)25(29)19-26(30)28-17-6-9-20-7-2-1-3-8-20/h1-5,7-8,10-15,25H,6,9,16-19H2,(H,28,30)/t25-/m1/s1. The molecular weight excluding hydrogens is 456 g/mol. The molecule has 0 spiro atoms. The maximum Gasteiger partial charge on any atom is 0.243 e. The van der Waals surface area contributed by atoms with Crippen molar-refractivity contribution in [3.8, 4) is 0 Å². The molecule has 0 aromatic heterocycles. The fourth-order valence-corrected chi connectivity index (χ4v) is 6.01. The van der Waals surface area contributed by atoms with Gasteiger partial charge in [-0.15, -0.1) is 0 Å². The minimum atomic E-state index is -3.78. The van der Waals surface area contributed by atoms with Gasteiger partial charge in [-0.25, -0.2) is 8.42 Å². The molecule has 0 saturated heterocycles. The number of hydrogen-bond donors (Lipinski definition) is 1. The van der Waals surface area contributed by atoms with Gasteiger partial charge >= 0.3 is 0 Å². The molecule has 0 unspecified atom stereocenters. The number of fused-ring (bicyclic) bond motifs is 1. The molecule has 1 heterocycles. The highest BCUT2D eigenvalue weighted by Crippen LogP contribution is 2.36. The van der Waals surface area contributed by atoms with Crippen LogP contribution in [0.2, 0.25) is 5.02 Å². The Kier molecular flexibility index (Phi) is 7.48. The summed E-state index contributed by atoms with van der Waals surface area (Å²) in [6, 6.07) is 23.5. The molecule has 3 aromatic carbocycles. The molecular formula is C26H27ClN2O3S. The fourth-order valence-electron chi connectivity index (χ4n) is 4.28. The van der Waals surface area contributed by atoms with E-state index in [2.05, 4.69) is 17.4 Å². The Morgan fingerprint density at radius 1 is 0.970 bits per heavy atom. The predicted molar refractivity (Wildman–Crippen MR) is 131 cm³/mol. The number of nitrogens with zero attached hydrogens (tertiary/aromatic N) is 1. The lowest BCUT2D eigenvalue weighted by Crippen LogP contribution is -2.42. The number of carbonyl (C=O) groups is 1. The highest BCUT2D eigenvalue weighted by molar-refractivity contribution is 7.89. The fraction of sp³-hybridized carbons (Fsp3) is 0.269. The molecule has 1 atom stereocenters. The monoisotopic (exact) mass is 482 g/mol. The quantitative estimate of drug-likeness (QED) is 0.470. The second kappa shape index (κ2) is 10.5.